The summed E-state index contributed by atoms with van der Waals surface area (Å²) in [5.74, 6) is -2.47. The van der Waals surface area contributed by atoms with Crippen molar-refractivity contribution < 1.29 is 32.3 Å². The number of benzene rings is 1. The van der Waals surface area contributed by atoms with Crippen molar-refractivity contribution >= 4 is 29.1 Å². The molecule has 0 radical (unpaired) electrons. The fourth-order valence-corrected chi connectivity index (χ4v) is 2.47. The number of alkyl halides is 3. The molecule has 1 aliphatic heterocycles. The second-order valence-corrected chi connectivity index (χ2v) is 5.44. The van der Waals surface area contributed by atoms with Crippen LogP contribution in [0.4, 0.5) is 24.5 Å². The summed E-state index contributed by atoms with van der Waals surface area (Å²) in [6, 6.07) is 1.59. The molecule has 0 bridgehead atoms. The molecule has 1 saturated heterocycles. The molecule has 0 unspecified atom stereocenters. The Bertz CT molecular complexity index is 723. The van der Waals surface area contributed by atoms with E-state index in [1.807, 2.05) is 0 Å². The monoisotopic (exact) mass is 374 g/mol. The number of likely N-dealkylation sites (N-methyl/N-ethyl adjacent to an activating group) is 1. The van der Waals surface area contributed by atoms with Crippen LogP contribution in [-0.2, 0) is 25.3 Å². The number of halogens is 3. The fraction of sp³-hybridized carbons (Fsp3) is 0.400. The molecule has 1 atom stereocenters. The number of hydrogen-bond acceptors (Lipinski definition) is 5. The topological polar surface area (TPSA) is 114 Å². The van der Waals surface area contributed by atoms with Crippen molar-refractivity contribution in [3.63, 3.8) is 0 Å². The lowest BCUT2D eigenvalue weighted by Gasteiger charge is -2.29. The van der Waals surface area contributed by atoms with Gasteiger partial charge in [0.2, 0.25) is 5.91 Å². The number of amides is 3. The largest absolute Gasteiger partial charge is 0.418 e. The zero-order chi connectivity index (χ0) is 19.5. The minimum atomic E-state index is -4.76. The number of rotatable bonds is 5. The summed E-state index contributed by atoms with van der Waals surface area (Å²) in [7, 11) is 1.31. The van der Waals surface area contributed by atoms with E-state index in [1.165, 1.54) is 13.1 Å². The number of nitrogens with zero attached hydrogens (tertiary/aromatic N) is 1. The second kappa shape index (κ2) is 7.70. The van der Waals surface area contributed by atoms with E-state index in [0.29, 0.717) is 6.07 Å². The predicted octanol–water partition coefficient (Wildman–Crippen LogP) is 0.0804. The van der Waals surface area contributed by atoms with Gasteiger partial charge in [0, 0.05) is 12.2 Å². The number of primary amides is 1. The summed E-state index contributed by atoms with van der Waals surface area (Å²) in [5, 5.41) is 4.56. The normalized spacial score (nSPS) is 16.3. The summed E-state index contributed by atoms with van der Waals surface area (Å²) in [6.45, 7) is -0.209. The average molecular weight is 374 g/mol. The Balaban J connectivity index is 2.35. The maximum atomic E-state index is 13.4. The van der Waals surface area contributed by atoms with Gasteiger partial charge in [-0.25, -0.2) is 0 Å². The first-order valence-corrected chi connectivity index (χ1v) is 7.52. The Labute approximate surface area is 146 Å². The van der Waals surface area contributed by atoms with Crippen molar-refractivity contribution in [2.24, 2.45) is 5.73 Å². The Hall–Kier alpha value is -2.66. The molecule has 1 aromatic carbocycles. The highest BCUT2D eigenvalue weighted by molar-refractivity contribution is 6.09. The molecule has 1 aromatic rings. The minimum Gasteiger partial charge on any atom is -0.370 e. The van der Waals surface area contributed by atoms with E-state index >= 15 is 0 Å². The number of morpholine rings is 1. The Kier molecular flexibility index (Phi) is 5.83. The van der Waals surface area contributed by atoms with E-state index in [0.717, 1.165) is 11.0 Å². The summed E-state index contributed by atoms with van der Waals surface area (Å²) in [5.41, 5.74) is 3.43. The molecule has 0 aromatic heterocycles. The summed E-state index contributed by atoms with van der Waals surface area (Å²) in [6.07, 6.45) is -4.76. The lowest BCUT2D eigenvalue weighted by molar-refractivity contribution is -0.137. The molecule has 1 fully saturated rings. The Morgan fingerprint density at radius 3 is 2.58 bits per heavy atom. The van der Waals surface area contributed by atoms with Gasteiger partial charge < -0.3 is 26.0 Å². The van der Waals surface area contributed by atoms with Crippen LogP contribution in [0.5, 0.6) is 0 Å². The van der Waals surface area contributed by atoms with E-state index in [2.05, 4.69) is 10.6 Å². The number of anilines is 2. The number of hydrogen-bond donors (Lipinski definition) is 3. The second-order valence-electron chi connectivity index (χ2n) is 5.44. The number of carbonyl (C=O) groups is 3. The van der Waals surface area contributed by atoms with Crippen molar-refractivity contribution in [2.75, 3.05) is 37.0 Å². The quantitative estimate of drug-likeness (QED) is 0.632. The molecule has 8 nitrogen and oxygen atoms in total. The van der Waals surface area contributed by atoms with E-state index in [1.54, 1.807) is 0 Å². The number of nitrogens with two attached hydrogens (primary N) is 1. The van der Waals surface area contributed by atoms with Gasteiger partial charge in [-0.1, -0.05) is 0 Å². The number of ether oxygens (including phenoxy) is 1. The van der Waals surface area contributed by atoms with Crippen LogP contribution in [0.25, 0.3) is 0 Å². The molecule has 26 heavy (non-hydrogen) atoms. The van der Waals surface area contributed by atoms with Crippen LogP contribution < -0.4 is 21.3 Å². The zero-order valence-electron chi connectivity index (χ0n) is 13.7. The molecular formula is C15H17F3N4O4. The van der Waals surface area contributed by atoms with Gasteiger partial charge in [0.25, 0.3) is 11.8 Å². The number of nitrogens with one attached hydrogen (secondary N) is 2. The highest BCUT2D eigenvalue weighted by atomic mass is 19.4. The van der Waals surface area contributed by atoms with Crippen LogP contribution in [0.1, 0.15) is 5.56 Å². The molecule has 11 heteroatoms. The summed E-state index contributed by atoms with van der Waals surface area (Å²) < 4.78 is 45.2. The standard InChI is InChI=1S/C15H17F3N4O4/c1-20-12(13(19)24)14(25)21-8-2-3-10(9(6-8)15(16,17)18)22-4-5-26-7-11(22)23/h2-3,6,12,20H,4-5,7H2,1H3,(H2,19,24)(H,21,25)/t12-/m0/s1. The smallest absolute Gasteiger partial charge is 0.370 e. The highest BCUT2D eigenvalue weighted by Gasteiger charge is 2.37. The van der Waals surface area contributed by atoms with Gasteiger partial charge in [0.1, 0.15) is 6.61 Å². The number of carbonyl (C=O) groups excluding carboxylic acids is 3. The fourth-order valence-electron chi connectivity index (χ4n) is 2.47. The third kappa shape index (κ3) is 4.29. The SMILES string of the molecule is CN[C@@H](C(N)=O)C(=O)Nc1ccc(N2CCOCC2=O)c(C(F)(F)F)c1. The Morgan fingerprint density at radius 2 is 2.04 bits per heavy atom. The van der Waals surface area contributed by atoms with Crippen LogP contribution in [0.15, 0.2) is 18.2 Å². The molecule has 3 amide bonds. The molecule has 0 saturated carbocycles. The van der Waals surface area contributed by atoms with Crippen molar-refractivity contribution in [1.29, 1.82) is 0 Å². The lowest BCUT2D eigenvalue weighted by Crippen LogP contribution is -2.48. The van der Waals surface area contributed by atoms with Gasteiger partial charge in [-0.15, -0.1) is 0 Å². The first kappa shape index (κ1) is 19.7. The van der Waals surface area contributed by atoms with Gasteiger partial charge in [0.05, 0.1) is 17.9 Å². The molecular weight excluding hydrogens is 357 g/mol. The molecule has 1 heterocycles. The van der Waals surface area contributed by atoms with E-state index in [4.69, 9.17) is 10.5 Å². The van der Waals surface area contributed by atoms with Crippen molar-refractivity contribution in [2.45, 2.75) is 12.2 Å². The maximum absolute atomic E-state index is 13.4. The van der Waals surface area contributed by atoms with Gasteiger partial charge >= 0.3 is 6.18 Å². The van der Waals surface area contributed by atoms with Crippen molar-refractivity contribution in [1.82, 2.24) is 5.32 Å². The summed E-state index contributed by atoms with van der Waals surface area (Å²) >= 11 is 0. The first-order valence-electron chi connectivity index (χ1n) is 7.52. The van der Waals surface area contributed by atoms with Crippen LogP contribution in [0.3, 0.4) is 0 Å². The molecule has 142 valence electrons. The van der Waals surface area contributed by atoms with Crippen LogP contribution in [-0.4, -0.2) is 50.6 Å². The molecule has 0 aliphatic carbocycles. The van der Waals surface area contributed by atoms with E-state index in [-0.39, 0.29) is 31.1 Å². The third-order valence-corrected chi connectivity index (χ3v) is 3.68. The van der Waals surface area contributed by atoms with Gasteiger partial charge in [0.15, 0.2) is 6.04 Å². The van der Waals surface area contributed by atoms with Gasteiger partial charge in [-0.3, -0.25) is 14.4 Å². The minimum absolute atomic E-state index is 0.0167. The van der Waals surface area contributed by atoms with Crippen LogP contribution >= 0.6 is 0 Å². The molecule has 4 N–H and O–H groups in total. The van der Waals surface area contributed by atoms with Crippen molar-refractivity contribution in [3.8, 4) is 0 Å². The average Bonchev–Trinajstić information content (AvgIpc) is 2.55. The first-order chi connectivity index (χ1) is 12.1. The summed E-state index contributed by atoms with van der Waals surface area (Å²) in [4.78, 5) is 35.9. The molecule has 0 spiro atoms. The van der Waals surface area contributed by atoms with Crippen LogP contribution in [0, 0.1) is 0 Å². The highest BCUT2D eigenvalue weighted by Crippen LogP contribution is 2.38. The van der Waals surface area contributed by atoms with Crippen molar-refractivity contribution in [3.05, 3.63) is 23.8 Å². The van der Waals surface area contributed by atoms with Crippen LogP contribution in [0.2, 0.25) is 0 Å². The zero-order valence-corrected chi connectivity index (χ0v) is 13.7. The van der Waals surface area contributed by atoms with E-state index in [9.17, 15) is 27.6 Å². The lowest BCUT2D eigenvalue weighted by atomic mass is 10.1. The third-order valence-electron chi connectivity index (χ3n) is 3.68. The van der Waals surface area contributed by atoms with Gasteiger partial charge in [-0.2, -0.15) is 13.2 Å². The molecule has 2 rings (SSSR count). The van der Waals surface area contributed by atoms with Gasteiger partial charge in [-0.05, 0) is 25.2 Å². The Morgan fingerprint density at radius 1 is 1.35 bits per heavy atom. The maximum Gasteiger partial charge on any atom is 0.418 e. The molecule has 1 aliphatic rings. The van der Waals surface area contributed by atoms with E-state index < -0.39 is 35.5 Å². The predicted molar refractivity (Wildman–Crippen MR) is 85.3 cm³/mol.